The first-order valence-corrected chi connectivity index (χ1v) is 10.8. The molecule has 3 aromatic rings. The third kappa shape index (κ3) is 4.73. The van der Waals surface area contributed by atoms with Crippen molar-refractivity contribution in [3.05, 3.63) is 76.9 Å². The number of hydrogen-bond acceptors (Lipinski definition) is 5. The Balaban J connectivity index is 1.59. The molecule has 4 rings (SSSR count). The minimum atomic E-state index is -4.76. The number of halogens is 4. The topological polar surface area (TPSA) is 73.1 Å². The fourth-order valence-corrected chi connectivity index (χ4v) is 4.24. The summed E-state index contributed by atoms with van der Waals surface area (Å²) >= 11 is 0. The van der Waals surface area contributed by atoms with Crippen LogP contribution in [0.2, 0.25) is 0 Å². The zero-order valence-electron chi connectivity index (χ0n) is 18.4. The van der Waals surface area contributed by atoms with E-state index in [4.69, 9.17) is 4.74 Å². The second-order valence-electron chi connectivity index (χ2n) is 8.09. The van der Waals surface area contributed by atoms with Gasteiger partial charge in [-0.05, 0) is 48.2 Å². The number of carbonyl (C=O) groups is 1. The second kappa shape index (κ2) is 9.40. The lowest BCUT2D eigenvalue weighted by atomic mass is 9.72. The summed E-state index contributed by atoms with van der Waals surface area (Å²) in [6, 6.07) is 12.4. The SMILES string of the molecule is CCOC(=O)N1CCC(c2ccccc2)(c2nnn(Cc3ccc(C(F)(F)F)c(F)c3)n2)CC1. The van der Waals surface area contributed by atoms with Crippen LogP contribution < -0.4 is 0 Å². The molecule has 0 radical (unpaired) electrons. The number of amides is 1. The van der Waals surface area contributed by atoms with Crippen molar-refractivity contribution in [1.82, 2.24) is 25.1 Å². The van der Waals surface area contributed by atoms with Gasteiger partial charge in [0.25, 0.3) is 0 Å². The number of tetrazole rings is 1. The van der Waals surface area contributed by atoms with Gasteiger partial charge in [-0.25, -0.2) is 9.18 Å². The van der Waals surface area contributed by atoms with Crippen molar-refractivity contribution in [3.8, 4) is 0 Å². The summed E-state index contributed by atoms with van der Waals surface area (Å²) in [4.78, 5) is 15.0. The summed E-state index contributed by atoms with van der Waals surface area (Å²) in [5.41, 5.74) is -0.674. The van der Waals surface area contributed by atoms with Crippen LogP contribution in [0.15, 0.2) is 48.5 Å². The van der Waals surface area contributed by atoms with Gasteiger partial charge in [0.1, 0.15) is 5.82 Å². The van der Waals surface area contributed by atoms with Gasteiger partial charge in [-0.1, -0.05) is 36.4 Å². The number of carbonyl (C=O) groups excluding carboxylic acids is 1. The first-order valence-electron chi connectivity index (χ1n) is 10.8. The van der Waals surface area contributed by atoms with E-state index in [2.05, 4.69) is 15.4 Å². The van der Waals surface area contributed by atoms with Crippen LogP contribution in [0.25, 0.3) is 0 Å². The van der Waals surface area contributed by atoms with Gasteiger partial charge in [0.15, 0.2) is 5.82 Å². The van der Waals surface area contributed by atoms with E-state index in [0.717, 1.165) is 11.6 Å². The molecule has 1 saturated heterocycles. The van der Waals surface area contributed by atoms with Gasteiger partial charge in [-0.15, -0.1) is 10.2 Å². The molecule has 34 heavy (non-hydrogen) atoms. The average molecular weight is 477 g/mol. The third-order valence-electron chi connectivity index (χ3n) is 6.01. The smallest absolute Gasteiger partial charge is 0.419 e. The highest BCUT2D eigenvalue weighted by Gasteiger charge is 2.43. The molecule has 1 aliphatic rings. The minimum Gasteiger partial charge on any atom is -0.450 e. The molecule has 11 heteroatoms. The van der Waals surface area contributed by atoms with Crippen molar-refractivity contribution in [3.63, 3.8) is 0 Å². The molecule has 1 fully saturated rings. The highest BCUT2D eigenvalue weighted by molar-refractivity contribution is 5.67. The van der Waals surface area contributed by atoms with Crippen LogP contribution in [0.1, 0.15) is 42.3 Å². The minimum absolute atomic E-state index is 0.0398. The average Bonchev–Trinajstić information content (AvgIpc) is 3.28. The summed E-state index contributed by atoms with van der Waals surface area (Å²) in [6.45, 7) is 2.88. The fraction of sp³-hybridized carbons (Fsp3) is 0.391. The number of nitrogens with zero attached hydrogens (tertiary/aromatic N) is 5. The lowest BCUT2D eigenvalue weighted by molar-refractivity contribution is -0.140. The molecule has 0 spiro atoms. The molecule has 0 aliphatic carbocycles. The van der Waals surface area contributed by atoms with Gasteiger partial charge in [0.05, 0.1) is 24.1 Å². The Labute approximate surface area is 193 Å². The normalized spacial score (nSPS) is 15.9. The number of benzene rings is 2. The molecule has 1 amide bonds. The van der Waals surface area contributed by atoms with Gasteiger partial charge >= 0.3 is 12.3 Å². The van der Waals surface area contributed by atoms with Crippen molar-refractivity contribution < 1.29 is 27.1 Å². The van der Waals surface area contributed by atoms with Crippen molar-refractivity contribution >= 4 is 6.09 Å². The van der Waals surface area contributed by atoms with E-state index in [1.165, 1.54) is 10.9 Å². The van der Waals surface area contributed by atoms with Crippen molar-refractivity contribution in [1.29, 1.82) is 0 Å². The van der Waals surface area contributed by atoms with Crippen molar-refractivity contribution in [2.75, 3.05) is 19.7 Å². The van der Waals surface area contributed by atoms with Crippen molar-refractivity contribution in [2.24, 2.45) is 0 Å². The van der Waals surface area contributed by atoms with Gasteiger partial charge in [-0.3, -0.25) is 0 Å². The Kier molecular flexibility index (Phi) is 6.54. The van der Waals surface area contributed by atoms with Crippen LogP contribution in [-0.2, 0) is 22.9 Å². The molecule has 0 N–H and O–H groups in total. The zero-order chi connectivity index (χ0) is 24.3. The Morgan fingerprint density at radius 1 is 1.12 bits per heavy atom. The molecule has 0 atom stereocenters. The molecular formula is C23H23F4N5O2. The Hall–Kier alpha value is -3.50. The van der Waals surface area contributed by atoms with Crippen LogP contribution in [0.4, 0.5) is 22.4 Å². The zero-order valence-corrected chi connectivity index (χ0v) is 18.4. The molecular weight excluding hydrogens is 454 g/mol. The van der Waals surface area contributed by atoms with E-state index in [9.17, 15) is 22.4 Å². The highest BCUT2D eigenvalue weighted by Crippen LogP contribution is 2.40. The van der Waals surface area contributed by atoms with E-state index in [0.29, 0.717) is 44.4 Å². The summed E-state index contributed by atoms with van der Waals surface area (Å²) in [5.74, 6) is -0.910. The number of alkyl halides is 3. The molecule has 2 heterocycles. The summed E-state index contributed by atoms with van der Waals surface area (Å²) < 4.78 is 57.5. The van der Waals surface area contributed by atoms with Crippen molar-refractivity contribution in [2.45, 2.75) is 37.9 Å². The lowest BCUT2D eigenvalue weighted by Gasteiger charge is -2.39. The third-order valence-corrected chi connectivity index (χ3v) is 6.01. The number of hydrogen-bond donors (Lipinski definition) is 0. The van der Waals surface area contributed by atoms with Gasteiger partial charge in [-0.2, -0.15) is 18.0 Å². The first kappa shape index (κ1) is 23.7. The van der Waals surface area contributed by atoms with E-state index >= 15 is 0 Å². The summed E-state index contributed by atoms with van der Waals surface area (Å²) in [6.07, 6.45) is -4.06. The molecule has 2 aromatic carbocycles. The lowest BCUT2D eigenvalue weighted by Crippen LogP contribution is -2.46. The number of ether oxygens (including phenoxy) is 1. The van der Waals surface area contributed by atoms with Crippen LogP contribution in [0.3, 0.4) is 0 Å². The standard InChI is InChI=1S/C23H23F4N5O2/c1-2-34-21(33)31-12-10-22(11-13-31,17-6-4-3-5-7-17)20-28-30-32(29-20)15-16-8-9-18(19(24)14-16)23(25,26)27/h3-9,14H,2,10-13,15H2,1H3. The number of aromatic nitrogens is 4. The van der Waals surface area contributed by atoms with E-state index < -0.39 is 23.0 Å². The molecule has 0 saturated carbocycles. The second-order valence-corrected chi connectivity index (χ2v) is 8.09. The molecule has 7 nitrogen and oxygen atoms in total. The quantitative estimate of drug-likeness (QED) is 0.509. The van der Waals surface area contributed by atoms with Gasteiger partial charge in [0.2, 0.25) is 0 Å². The highest BCUT2D eigenvalue weighted by atomic mass is 19.4. The number of rotatable bonds is 5. The first-order chi connectivity index (χ1) is 16.2. The Morgan fingerprint density at radius 3 is 2.44 bits per heavy atom. The predicted octanol–water partition coefficient (Wildman–Crippen LogP) is 4.42. The molecule has 0 unspecified atom stereocenters. The van der Waals surface area contributed by atoms with Crippen LogP contribution in [0, 0.1) is 5.82 Å². The van der Waals surface area contributed by atoms with Gasteiger partial charge < -0.3 is 9.64 Å². The van der Waals surface area contributed by atoms with E-state index in [-0.39, 0.29) is 18.2 Å². The molecule has 1 aliphatic heterocycles. The maximum Gasteiger partial charge on any atom is 0.419 e. The van der Waals surface area contributed by atoms with Crippen LogP contribution in [-0.4, -0.2) is 50.9 Å². The van der Waals surface area contributed by atoms with Crippen LogP contribution >= 0.6 is 0 Å². The van der Waals surface area contributed by atoms with Crippen LogP contribution in [0.5, 0.6) is 0 Å². The number of piperidine rings is 1. The summed E-state index contributed by atoms with van der Waals surface area (Å²) in [7, 11) is 0. The monoisotopic (exact) mass is 477 g/mol. The Bertz CT molecular complexity index is 1140. The maximum atomic E-state index is 14.0. The largest absolute Gasteiger partial charge is 0.450 e. The Morgan fingerprint density at radius 2 is 1.82 bits per heavy atom. The fourth-order valence-electron chi connectivity index (χ4n) is 4.24. The number of likely N-dealkylation sites (tertiary alicyclic amines) is 1. The molecule has 180 valence electrons. The molecule has 1 aromatic heterocycles. The maximum absolute atomic E-state index is 14.0. The van der Waals surface area contributed by atoms with Gasteiger partial charge in [0, 0.05) is 13.1 Å². The van der Waals surface area contributed by atoms with E-state index in [1.54, 1.807) is 11.8 Å². The summed E-state index contributed by atoms with van der Waals surface area (Å²) in [5, 5.41) is 12.8. The predicted molar refractivity (Wildman–Crippen MR) is 113 cm³/mol. The molecule has 0 bridgehead atoms. The van der Waals surface area contributed by atoms with E-state index in [1.807, 2.05) is 30.3 Å².